The SMILES string of the molecule is Cc1ccc(C)c(C2CNCCC2C)c1. The van der Waals surface area contributed by atoms with Gasteiger partial charge >= 0.3 is 0 Å². The lowest BCUT2D eigenvalue weighted by Gasteiger charge is -2.31. The molecular formula is C14H21N. The molecular weight excluding hydrogens is 182 g/mol. The summed E-state index contributed by atoms with van der Waals surface area (Å²) in [5.41, 5.74) is 4.38. The number of aryl methyl sites for hydroxylation is 2. The van der Waals surface area contributed by atoms with E-state index in [-0.39, 0.29) is 0 Å². The average Bonchev–Trinajstić information content (AvgIpc) is 2.23. The molecule has 0 saturated carbocycles. The predicted octanol–water partition coefficient (Wildman–Crippen LogP) is 3.02. The Balaban J connectivity index is 2.30. The van der Waals surface area contributed by atoms with E-state index < -0.39 is 0 Å². The van der Waals surface area contributed by atoms with Crippen LogP contribution in [0.2, 0.25) is 0 Å². The van der Waals surface area contributed by atoms with E-state index in [2.05, 4.69) is 44.3 Å². The third kappa shape index (κ3) is 2.23. The summed E-state index contributed by atoms with van der Waals surface area (Å²) in [6.45, 7) is 9.13. The summed E-state index contributed by atoms with van der Waals surface area (Å²) >= 11 is 0. The minimum absolute atomic E-state index is 0.707. The van der Waals surface area contributed by atoms with E-state index in [0.717, 1.165) is 12.5 Å². The molecule has 2 unspecified atom stereocenters. The minimum Gasteiger partial charge on any atom is -0.316 e. The molecule has 0 aliphatic carbocycles. The molecule has 1 aromatic rings. The third-order valence-electron chi connectivity index (χ3n) is 3.66. The van der Waals surface area contributed by atoms with Gasteiger partial charge in [0.2, 0.25) is 0 Å². The van der Waals surface area contributed by atoms with Gasteiger partial charge in [-0.25, -0.2) is 0 Å². The molecule has 1 nitrogen and oxygen atoms in total. The predicted molar refractivity (Wildman–Crippen MR) is 65.3 cm³/mol. The van der Waals surface area contributed by atoms with Crippen molar-refractivity contribution in [2.24, 2.45) is 5.92 Å². The molecule has 0 amide bonds. The van der Waals surface area contributed by atoms with Crippen LogP contribution in [0.5, 0.6) is 0 Å². The van der Waals surface area contributed by atoms with E-state index in [1.54, 1.807) is 5.56 Å². The van der Waals surface area contributed by atoms with Gasteiger partial charge in [-0.15, -0.1) is 0 Å². The Bertz CT molecular complexity index is 343. The van der Waals surface area contributed by atoms with Gasteiger partial charge < -0.3 is 5.32 Å². The van der Waals surface area contributed by atoms with Gasteiger partial charge in [0.15, 0.2) is 0 Å². The number of piperidine rings is 1. The fourth-order valence-corrected chi connectivity index (χ4v) is 2.57. The van der Waals surface area contributed by atoms with Crippen molar-refractivity contribution < 1.29 is 0 Å². The molecule has 0 aromatic heterocycles. The smallest absolute Gasteiger partial charge is 0.00228 e. The molecule has 2 atom stereocenters. The molecule has 1 heterocycles. The minimum atomic E-state index is 0.707. The van der Waals surface area contributed by atoms with Crippen LogP contribution in [0, 0.1) is 19.8 Å². The van der Waals surface area contributed by atoms with Gasteiger partial charge in [0.1, 0.15) is 0 Å². The van der Waals surface area contributed by atoms with E-state index in [0.29, 0.717) is 5.92 Å². The number of benzene rings is 1. The molecule has 0 radical (unpaired) electrons. The molecule has 0 spiro atoms. The molecule has 0 bridgehead atoms. The van der Waals surface area contributed by atoms with Gasteiger partial charge in [-0.2, -0.15) is 0 Å². The lowest BCUT2D eigenvalue weighted by atomic mass is 9.80. The number of hydrogen-bond donors (Lipinski definition) is 1. The van der Waals surface area contributed by atoms with Crippen molar-refractivity contribution in [1.82, 2.24) is 5.32 Å². The molecule has 15 heavy (non-hydrogen) atoms. The van der Waals surface area contributed by atoms with Crippen LogP contribution in [0.25, 0.3) is 0 Å². The molecule has 1 N–H and O–H groups in total. The first kappa shape index (κ1) is 10.7. The van der Waals surface area contributed by atoms with E-state index >= 15 is 0 Å². The second kappa shape index (κ2) is 4.36. The molecule has 1 saturated heterocycles. The maximum atomic E-state index is 3.51. The summed E-state index contributed by atoms with van der Waals surface area (Å²) in [4.78, 5) is 0. The van der Waals surface area contributed by atoms with Crippen molar-refractivity contribution in [2.45, 2.75) is 33.1 Å². The fraction of sp³-hybridized carbons (Fsp3) is 0.571. The molecule has 1 fully saturated rings. The van der Waals surface area contributed by atoms with Gasteiger partial charge in [0, 0.05) is 6.54 Å². The molecule has 1 aliphatic heterocycles. The third-order valence-corrected chi connectivity index (χ3v) is 3.66. The van der Waals surface area contributed by atoms with Gasteiger partial charge in [-0.1, -0.05) is 30.7 Å². The van der Waals surface area contributed by atoms with Crippen LogP contribution in [0.3, 0.4) is 0 Å². The highest BCUT2D eigenvalue weighted by molar-refractivity contribution is 5.34. The van der Waals surface area contributed by atoms with Crippen molar-refractivity contribution in [1.29, 1.82) is 0 Å². The normalized spacial score (nSPS) is 26.6. The largest absolute Gasteiger partial charge is 0.316 e. The van der Waals surface area contributed by atoms with Crippen molar-refractivity contribution in [3.8, 4) is 0 Å². The number of hydrogen-bond acceptors (Lipinski definition) is 1. The van der Waals surface area contributed by atoms with Crippen LogP contribution >= 0.6 is 0 Å². The zero-order valence-corrected chi connectivity index (χ0v) is 10.0. The molecule has 1 heteroatoms. The van der Waals surface area contributed by atoms with Gasteiger partial charge in [-0.3, -0.25) is 0 Å². The quantitative estimate of drug-likeness (QED) is 0.740. The maximum Gasteiger partial charge on any atom is 0.00228 e. The summed E-state index contributed by atoms with van der Waals surface area (Å²) < 4.78 is 0. The summed E-state index contributed by atoms with van der Waals surface area (Å²) in [5, 5.41) is 3.51. The topological polar surface area (TPSA) is 12.0 Å². The molecule has 82 valence electrons. The van der Waals surface area contributed by atoms with E-state index in [9.17, 15) is 0 Å². The Hall–Kier alpha value is -0.820. The Kier molecular flexibility index (Phi) is 3.11. The Morgan fingerprint density at radius 2 is 2.07 bits per heavy atom. The zero-order chi connectivity index (χ0) is 10.8. The number of rotatable bonds is 1. The van der Waals surface area contributed by atoms with Crippen molar-refractivity contribution >= 4 is 0 Å². The van der Waals surface area contributed by atoms with Crippen LogP contribution in [0.15, 0.2) is 18.2 Å². The first-order valence-electron chi connectivity index (χ1n) is 5.96. The van der Waals surface area contributed by atoms with E-state index in [1.165, 1.54) is 24.1 Å². The van der Waals surface area contributed by atoms with Crippen LogP contribution in [-0.4, -0.2) is 13.1 Å². The Labute approximate surface area is 92.9 Å². The first-order valence-corrected chi connectivity index (χ1v) is 5.96. The van der Waals surface area contributed by atoms with Crippen molar-refractivity contribution in [3.63, 3.8) is 0 Å². The highest BCUT2D eigenvalue weighted by Crippen LogP contribution is 2.31. The zero-order valence-electron chi connectivity index (χ0n) is 10.0. The first-order chi connectivity index (χ1) is 7.18. The van der Waals surface area contributed by atoms with Crippen LogP contribution in [0.4, 0.5) is 0 Å². The molecule has 2 rings (SSSR count). The molecule has 1 aliphatic rings. The van der Waals surface area contributed by atoms with Gasteiger partial charge in [0.05, 0.1) is 0 Å². The fourth-order valence-electron chi connectivity index (χ4n) is 2.57. The van der Waals surface area contributed by atoms with Gasteiger partial charge in [-0.05, 0) is 49.8 Å². The maximum absolute atomic E-state index is 3.51. The lowest BCUT2D eigenvalue weighted by Crippen LogP contribution is -2.34. The standard InChI is InChI=1S/C14H21N/c1-10-4-5-11(2)13(8-10)14-9-15-7-6-12(14)3/h4-5,8,12,14-15H,6-7,9H2,1-3H3. The van der Waals surface area contributed by atoms with E-state index in [1.807, 2.05) is 0 Å². The highest BCUT2D eigenvalue weighted by Gasteiger charge is 2.23. The summed E-state index contributed by atoms with van der Waals surface area (Å²) in [6, 6.07) is 6.83. The van der Waals surface area contributed by atoms with Crippen molar-refractivity contribution in [2.75, 3.05) is 13.1 Å². The Morgan fingerprint density at radius 1 is 1.27 bits per heavy atom. The summed E-state index contributed by atoms with van der Waals surface area (Å²) in [7, 11) is 0. The van der Waals surface area contributed by atoms with Crippen LogP contribution < -0.4 is 5.32 Å². The van der Waals surface area contributed by atoms with Crippen LogP contribution in [-0.2, 0) is 0 Å². The van der Waals surface area contributed by atoms with Gasteiger partial charge in [0.25, 0.3) is 0 Å². The summed E-state index contributed by atoms with van der Waals surface area (Å²) in [5.74, 6) is 1.52. The van der Waals surface area contributed by atoms with E-state index in [4.69, 9.17) is 0 Å². The average molecular weight is 203 g/mol. The highest BCUT2D eigenvalue weighted by atomic mass is 14.9. The van der Waals surface area contributed by atoms with Crippen molar-refractivity contribution in [3.05, 3.63) is 34.9 Å². The molecule has 1 aromatic carbocycles. The lowest BCUT2D eigenvalue weighted by molar-refractivity contribution is 0.347. The Morgan fingerprint density at radius 3 is 2.80 bits per heavy atom. The second-order valence-corrected chi connectivity index (χ2v) is 4.94. The monoisotopic (exact) mass is 203 g/mol. The van der Waals surface area contributed by atoms with Crippen LogP contribution in [0.1, 0.15) is 36.0 Å². The summed E-state index contributed by atoms with van der Waals surface area (Å²) in [6.07, 6.45) is 1.30. The number of nitrogens with one attached hydrogen (secondary N) is 1. The second-order valence-electron chi connectivity index (χ2n) is 4.94.